The van der Waals surface area contributed by atoms with E-state index in [4.69, 9.17) is 18.6 Å². The summed E-state index contributed by atoms with van der Waals surface area (Å²) in [5.74, 6) is 1.75. The van der Waals surface area contributed by atoms with Gasteiger partial charge in [-0.3, -0.25) is 0 Å². The van der Waals surface area contributed by atoms with Crippen molar-refractivity contribution in [2.75, 3.05) is 6.61 Å². The summed E-state index contributed by atoms with van der Waals surface area (Å²) < 4.78 is 22.8. The Morgan fingerprint density at radius 1 is 1.09 bits per heavy atom. The average Bonchev–Trinajstić information content (AvgIpc) is 3.14. The van der Waals surface area contributed by atoms with Gasteiger partial charge in [-0.25, -0.2) is 9.78 Å². The van der Waals surface area contributed by atoms with E-state index in [-0.39, 0.29) is 12.7 Å². The smallest absolute Gasteiger partial charge is 0.333 e. The average molecular weight is 454 g/mol. The van der Waals surface area contributed by atoms with Gasteiger partial charge in [0.1, 0.15) is 29.6 Å². The molecule has 0 bridgehead atoms. The normalized spacial score (nSPS) is 12.1. The Morgan fingerprint density at radius 3 is 2.39 bits per heavy atom. The zero-order valence-corrected chi connectivity index (χ0v) is 19.8. The van der Waals surface area contributed by atoms with Crippen LogP contribution in [0.1, 0.15) is 43.4 Å². The zero-order chi connectivity index (χ0) is 24.0. The van der Waals surface area contributed by atoms with Crippen LogP contribution in [0.2, 0.25) is 0 Å². The highest BCUT2D eigenvalue weighted by molar-refractivity contribution is 5.72. The summed E-state index contributed by atoms with van der Waals surface area (Å²) in [6.45, 7) is 10.2. The lowest BCUT2D eigenvalue weighted by Crippen LogP contribution is -2.26. The Bertz CT molecular complexity index is 1070. The van der Waals surface area contributed by atoms with Crippen LogP contribution in [0.4, 0.5) is 0 Å². The maximum Gasteiger partial charge on any atom is 0.333 e. The molecule has 0 fully saturated rings. The van der Waals surface area contributed by atoms with Gasteiger partial charge in [0, 0.05) is 18.6 Å². The van der Waals surface area contributed by atoms with E-state index in [2.05, 4.69) is 4.98 Å². The van der Waals surface area contributed by atoms with Crippen LogP contribution in [0.25, 0.3) is 11.5 Å². The van der Waals surface area contributed by atoms with Gasteiger partial charge >= 0.3 is 5.97 Å². The summed E-state index contributed by atoms with van der Waals surface area (Å²) >= 11 is 0. The first-order valence-electron chi connectivity index (χ1n) is 11.1. The number of rotatable bonds is 11. The van der Waals surface area contributed by atoms with Gasteiger partial charge < -0.3 is 23.7 Å². The molecular weight excluding hydrogens is 422 g/mol. The molecule has 0 amide bonds. The number of aromatic nitrogens is 1. The van der Waals surface area contributed by atoms with Crippen molar-refractivity contribution in [2.24, 2.45) is 0 Å². The fourth-order valence-corrected chi connectivity index (χ4v) is 3.39. The Morgan fingerprint density at radius 2 is 1.79 bits per heavy atom. The summed E-state index contributed by atoms with van der Waals surface area (Å²) in [5, 5.41) is 9.31. The molecule has 1 N–H and O–H groups in total. The molecule has 3 aromatic rings. The molecule has 1 atom stereocenters. The lowest BCUT2D eigenvalue weighted by molar-refractivity contribution is -0.149. The van der Waals surface area contributed by atoms with E-state index in [1.807, 2.05) is 70.2 Å². The van der Waals surface area contributed by atoms with Crippen molar-refractivity contribution >= 4 is 5.97 Å². The molecule has 33 heavy (non-hydrogen) atoms. The zero-order valence-electron chi connectivity index (χ0n) is 19.8. The molecule has 0 spiro atoms. The fraction of sp³-hybridized carbons (Fsp3) is 0.385. The maximum absolute atomic E-state index is 11.4. The Labute approximate surface area is 194 Å². The second kappa shape index (κ2) is 11.0. The highest BCUT2D eigenvalue weighted by Gasteiger charge is 2.19. The number of aliphatic carboxylic acids is 1. The van der Waals surface area contributed by atoms with Crippen LogP contribution < -0.4 is 9.47 Å². The minimum atomic E-state index is -0.962. The molecule has 176 valence electrons. The van der Waals surface area contributed by atoms with Gasteiger partial charge in [0.2, 0.25) is 5.89 Å². The third-order valence-corrected chi connectivity index (χ3v) is 5.10. The summed E-state index contributed by atoms with van der Waals surface area (Å²) in [7, 11) is 0. The highest BCUT2D eigenvalue weighted by atomic mass is 16.5. The quantitative estimate of drug-likeness (QED) is 0.418. The van der Waals surface area contributed by atoms with Gasteiger partial charge in [-0.15, -0.1) is 0 Å². The molecule has 7 heteroatoms. The van der Waals surface area contributed by atoms with E-state index < -0.39 is 12.1 Å². The van der Waals surface area contributed by atoms with Crippen LogP contribution in [-0.4, -0.2) is 34.9 Å². The molecule has 1 heterocycles. The summed E-state index contributed by atoms with van der Waals surface area (Å²) in [6, 6.07) is 13.2. The molecule has 1 aromatic heterocycles. The molecule has 0 saturated carbocycles. The molecule has 7 nitrogen and oxygen atoms in total. The van der Waals surface area contributed by atoms with Crippen molar-refractivity contribution in [3.63, 3.8) is 0 Å². The Hall–Kier alpha value is -3.32. The lowest BCUT2D eigenvalue weighted by Gasteiger charge is -2.15. The second-order valence-corrected chi connectivity index (χ2v) is 8.08. The van der Waals surface area contributed by atoms with Crippen molar-refractivity contribution in [1.82, 2.24) is 4.98 Å². The van der Waals surface area contributed by atoms with Crippen LogP contribution in [0.3, 0.4) is 0 Å². The van der Waals surface area contributed by atoms with Crippen molar-refractivity contribution < 1.29 is 28.5 Å². The van der Waals surface area contributed by atoms with Crippen LogP contribution in [0.5, 0.6) is 11.5 Å². The summed E-state index contributed by atoms with van der Waals surface area (Å²) in [6.07, 6.45) is -0.436. The molecule has 0 aliphatic carbocycles. The molecular formula is C26H31NO6. The first-order valence-corrected chi connectivity index (χ1v) is 11.1. The lowest BCUT2D eigenvalue weighted by atomic mass is 10.0. The molecule has 0 unspecified atom stereocenters. The van der Waals surface area contributed by atoms with Crippen LogP contribution >= 0.6 is 0 Å². The van der Waals surface area contributed by atoms with Gasteiger partial charge in [0.25, 0.3) is 0 Å². The number of hydrogen-bond donors (Lipinski definition) is 1. The molecule has 0 radical (unpaired) electrons. The molecule has 0 saturated heterocycles. The van der Waals surface area contributed by atoms with Gasteiger partial charge in [-0.05, 0) is 82.1 Å². The number of carboxylic acids is 1. The van der Waals surface area contributed by atoms with E-state index in [1.165, 1.54) is 0 Å². The number of nitrogens with zero attached hydrogens (tertiary/aromatic N) is 1. The van der Waals surface area contributed by atoms with E-state index in [1.54, 1.807) is 6.92 Å². The van der Waals surface area contributed by atoms with Crippen molar-refractivity contribution in [3.05, 3.63) is 65.0 Å². The molecule has 2 aromatic carbocycles. The van der Waals surface area contributed by atoms with Gasteiger partial charge in [0.15, 0.2) is 6.10 Å². The van der Waals surface area contributed by atoms with Gasteiger partial charge in [0.05, 0.1) is 6.10 Å². The van der Waals surface area contributed by atoms with Crippen LogP contribution in [0.15, 0.2) is 46.9 Å². The van der Waals surface area contributed by atoms with Crippen LogP contribution in [0, 0.1) is 13.8 Å². The standard InChI is InChI=1S/C26H31NO6/c1-6-30-24(26(28)29)14-20-9-12-22(13-17(20)4)31-15-23-18(5)33-25(27-23)19-7-10-21(11-8-19)32-16(2)3/h7-13,16,24H,6,14-15H2,1-5H3,(H,28,29)/t24-/m0/s1. The van der Waals surface area contributed by atoms with Gasteiger partial charge in [-0.1, -0.05) is 6.07 Å². The van der Waals surface area contributed by atoms with Crippen molar-refractivity contribution in [1.29, 1.82) is 0 Å². The molecule has 0 aliphatic heterocycles. The largest absolute Gasteiger partial charge is 0.491 e. The highest BCUT2D eigenvalue weighted by Crippen LogP contribution is 2.26. The van der Waals surface area contributed by atoms with E-state index in [0.717, 1.165) is 28.1 Å². The van der Waals surface area contributed by atoms with Crippen molar-refractivity contribution in [3.8, 4) is 23.0 Å². The number of carbonyl (C=O) groups is 1. The Kier molecular flexibility index (Phi) is 8.11. The maximum atomic E-state index is 11.4. The summed E-state index contributed by atoms with van der Waals surface area (Å²) in [4.78, 5) is 15.9. The third kappa shape index (κ3) is 6.58. The topological polar surface area (TPSA) is 91.0 Å². The van der Waals surface area contributed by atoms with Gasteiger partial charge in [-0.2, -0.15) is 0 Å². The van der Waals surface area contributed by atoms with E-state index in [9.17, 15) is 9.90 Å². The minimum Gasteiger partial charge on any atom is -0.491 e. The van der Waals surface area contributed by atoms with Crippen LogP contribution in [-0.2, 0) is 22.6 Å². The van der Waals surface area contributed by atoms with E-state index in [0.29, 0.717) is 30.4 Å². The molecule has 0 aliphatic rings. The van der Waals surface area contributed by atoms with E-state index >= 15 is 0 Å². The number of ether oxygens (including phenoxy) is 3. The predicted octanol–water partition coefficient (Wildman–Crippen LogP) is 5.36. The fourth-order valence-electron chi connectivity index (χ4n) is 3.39. The van der Waals surface area contributed by atoms with Crippen molar-refractivity contribution in [2.45, 2.75) is 59.9 Å². The number of hydrogen-bond acceptors (Lipinski definition) is 6. The first-order chi connectivity index (χ1) is 15.8. The molecule has 3 rings (SSSR count). The third-order valence-electron chi connectivity index (χ3n) is 5.10. The SMILES string of the molecule is CCO[C@@H](Cc1ccc(OCc2nc(-c3ccc(OC(C)C)cc3)oc2C)cc1C)C(=O)O. The predicted molar refractivity (Wildman–Crippen MR) is 125 cm³/mol. The Balaban J connectivity index is 1.65. The first kappa shape index (κ1) is 24.3. The number of carboxylic acid groups (broad SMARTS) is 1. The minimum absolute atomic E-state index is 0.115. The number of benzene rings is 2. The number of aryl methyl sites for hydroxylation is 2. The second-order valence-electron chi connectivity index (χ2n) is 8.08. The monoisotopic (exact) mass is 453 g/mol. The summed E-state index contributed by atoms with van der Waals surface area (Å²) in [5.41, 5.74) is 3.44. The number of oxazole rings is 1.